The van der Waals surface area contributed by atoms with Gasteiger partial charge in [-0.1, -0.05) is 54.5 Å². The molecule has 1 aromatic carbocycles. The van der Waals surface area contributed by atoms with Gasteiger partial charge in [0, 0.05) is 23.1 Å². The number of hydrogen-bond acceptors (Lipinski definition) is 2. The van der Waals surface area contributed by atoms with E-state index in [9.17, 15) is 0 Å². The number of benzene rings is 1. The fourth-order valence-corrected chi connectivity index (χ4v) is 5.21. The number of rotatable bonds is 5. The first-order chi connectivity index (χ1) is 12.6. The highest BCUT2D eigenvalue weighted by molar-refractivity contribution is 6.30. The van der Waals surface area contributed by atoms with Crippen LogP contribution >= 0.6 is 11.6 Å². The van der Waals surface area contributed by atoms with Crippen LogP contribution < -0.4 is 5.73 Å². The molecule has 1 saturated carbocycles. The standard InChI is InChI=1S/C23H31ClN2/c24-21-11-9-20(10-12-21)22(19-7-4-8-19)26-15-5-6-18(17-26)16-23(25)13-2-1-3-14-23/h1-3,9-13,18-19,22H,4-8,14-17,25H2. The highest BCUT2D eigenvalue weighted by atomic mass is 35.5. The van der Waals surface area contributed by atoms with Crippen LogP contribution in [0.1, 0.15) is 56.6 Å². The molecule has 1 aliphatic heterocycles. The molecule has 26 heavy (non-hydrogen) atoms. The van der Waals surface area contributed by atoms with Crippen molar-refractivity contribution in [2.24, 2.45) is 17.6 Å². The normalized spacial score (nSPS) is 30.9. The van der Waals surface area contributed by atoms with Gasteiger partial charge in [0.15, 0.2) is 0 Å². The summed E-state index contributed by atoms with van der Waals surface area (Å²) in [4.78, 5) is 2.76. The Hall–Kier alpha value is -1.09. The minimum atomic E-state index is -0.144. The van der Waals surface area contributed by atoms with E-state index >= 15 is 0 Å². The number of likely N-dealkylation sites (tertiary alicyclic amines) is 1. The molecule has 0 spiro atoms. The predicted octanol–water partition coefficient (Wildman–Crippen LogP) is 5.50. The van der Waals surface area contributed by atoms with Crippen LogP contribution in [0, 0.1) is 11.8 Å². The maximum Gasteiger partial charge on any atom is 0.0406 e. The van der Waals surface area contributed by atoms with E-state index in [1.54, 1.807) is 0 Å². The van der Waals surface area contributed by atoms with E-state index in [4.69, 9.17) is 17.3 Å². The average molecular weight is 371 g/mol. The molecule has 140 valence electrons. The van der Waals surface area contributed by atoms with E-state index in [0.717, 1.165) is 23.8 Å². The second kappa shape index (κ2) is 7.88. The molecule has 2 N–H and O–H groups in total. The van der Waals surface area contributed by atoms with Crippen LogP contribution in [-0.4, -0.2) is 23.5 Å². The lowest BCUT2D eigenvalue weighted by Crippen LogP contribution is -2.46. The van der Waals surface area contributed by atoms with Gasteiger partial charge in [0.1, 0.15) is 0 Å². The van der Waals surface area contributed by atoms with Crippen molar-refractivity contribution in [3.63, 3.8) is 0 Å². The fourth-order valence-electron chi connectivity index (χ4n) is 5.08. The van der Waals surface area contributed by atoms with E-state index in [1.165, 1.54) is 50.8 Å². The molecule has 2 fully saturated rings. The quantitative estimate of drug-likeness (QED) is 0.741. The van der Waals surface area contributed by atoms with Crippen molar-refractivity contribution < 1.29 is 0 Å². The second-order valence-corrected chi connectivity index (χ2v) is 9.06. The van der Waals surface area contributed by atoms with Gasteiger partial charge in [-0.05, 0) is 74.6 Å². The third-order valence-corrected chi connectivity index (χ3v) is 6.85. The van der Waals surface area contributed by atoms with Crippen LogP contribution in [0.2, 0.25) is 5.02 Å². The zero-order valence-electron chi connectivity index (χ0n) is 15.6. The molecular weight excluding hydrogens is 340 g/mol. The van der Waals surface area contributed by atoms with Crippen LogP contribution in [0.5, 0.6) is 0 Å². The van der Waals surface area contributed by atoms with E-state index in [2.05, 4.69) is 53.5 Å². The minimum Gasteiger partial charge on any atom is -0.322 e. The Morgan fingerprint density at radius 2 is 1.92 bits per heavy atom. The fraction of sp³-hybridized carbons (Fsp3) is 0.565. The molecular formula is C23H31ClN2. The number of allylic oxidation sites excluding steroid dienone is 2. The number of halogens is 1. The van der Waals surface area contributed by atoms with Gasteiger partial charge in [-0.25, -0.2) is 0 Å². The summed E-state index contributed by atoms with van der Waals surface area (Å²) >= 11 is 6.14. The maximum absolute atomic E-state index is 6.67. The summed E-state index contributed by atoms with van der Waals surface area (Å²) in [5.41, 5.74) is 7.97. The van der Waals surface area contributed by atoms with Crippen LogP contribution in [-0.2, 0) is 0 Å². The van der Waals surface area contributed by atoms with E-state index in [0.29, 0.717) is 12.0 Å². The molecule has 1 aromatic rings. The lowest BCUT2D eigenvalue weighted by atomic mass is 9.74. The highest BCUT2D eigenvalue weighted by Crippen LogP contribution is 2.43. The first-order valence-corrected chi connectivity index (χ1v) is 10.6. The summed E-state index contributed by atoms with van der Waals surface area (Å²) in [6.07, 6.45) is 17.5. The van der Waals surface area contributed by atoms with Crippen LogP contribution in [0.25, 0.3) is 0 Å². The molecule has 0 radical (unpaired) electrons. The smallest absolute Gasteiger partial charge is 0.0406 e. The van der Waals surface area contributed by atoms with Gasteiger partial charge in [-0.15, -0.1) is 0 Å². The van der Waals surface area contributed by atoms with Crippen molar-refractivity contribution in [3.8, 4) is 0 Å². The zero-order chi connectivity index (χ0) is 18.0. The third kappa shape index (κ3) is 4.08. The van der Waals surface area contributed by atoms with Gasteiger partial charge in [-0.3, -0.25) is 4.90 Å². The van der Waals surface area contributed by atoms with Crippen molar-refractivity contribution in [1.29, 1.82) is 0 Å². The Labute approximate surface area is 163 Å². The van der Waals surface area contributed by atoms with E-state index < -0.39 is 0 Å². The summed E-state index contributed by atoms with van der Waals surface area (Å²) < 4.78 is 0. The van der Waals surface area contributed by atoms with Gasteiger partial charge < -0.3 is 5.73 Å². The lowest BCUT2D eigenvalue weighted by molar-refractivity contribution is 0.0504. The molecule has 3 aliphatic rings. The Morgan fingerprint density at radius 1 is 1.12 bits per heavy atom. The summed E-state index contributed by atoms with van der Waals surface area (Å²) in [7, 11) is 0. The Bertz CT molecular complexity index is 661. The van der Waals surface area contributed by atoms with Gasteiger partial charge in [0.25, 0.3) is 0 Å². The molecule has 2 aliphatic carbocycles. The molecule has 3 atom stereocenters. The molecule has 0 aromatic heterocycles. The largest absolute Gasteiger partial charge is 0.322 e. The Kier molecular flexibility index (Phi) is 5.54. The summed E-state index contributed by atoms with van der Waals surface area (Å²) in [6.45, 7) is 2.40. The van der Waals surface area contributed by atoms with E-state index in [1.807, 2.05) is 0 Å². The third-order valence-electron chi connectivity index (χ3n) is 6.59. The van der Waals surface area contributed by atoms with Crippen molar-refractivity contribution in [1.82, 2.24) is 4.90 Å². The number of nitrogens with zero attached hydrogens (tertiary/aromatic N) is 1. The van der Waals surface area contributed by atoms with Crippen LogP contribution in [0.4, 0.5) is 0 Å². The Morgan fingerprint density at radius 3 is 2.58 bits per heavy atom. The second-order valence-electron chi connectivity index (χ2n) is 8.62. The zero-order valence-corrected chi connectivity index (χ0v) is 16.4. The molecule has 1 heterocycles. The minimum absolute atomic E-state index is 0.144. The highest BCUT2D eigenvalue weighted by Gasteiger charge is 2.36. The van der Waals surface area contributed by atoms with Crippen molar-refractivity contribution >= 4 is 11.6 Å². The molecule has 2 nitrogen and oxygen atoms in total. The topological polar surface area (TPSA) is 29.3 Å². The average Bonchev–Trinajstić information content (AvgIpc) is 2.59. The van der Waals surface area contributed by atoms with Crippen molar-refractivity contribution in [3.05, 3.63) is 59.2 Å². The number of hydrogen-bond donors (Lipinski definition) is 1. The first-order valence-electron chi connectivity index (χ1n) is 10.3. The van der Waals surface area contributed by atoms with Crippen molar-refractivity contribution in [2.45, 2.75) is 56.5 Å². The van der Waals surface area contributed by atoms with Crippen molar-refractivity contribution in [2.75, 3.05) is 13.1 Å². The number of nitrogens with two attached hydrogens (primary N) is 1. The molecule has 0 bridgehead atoms. The summed E-state index contributed by atoms with van der Waals surface area (Å²) in [5.74, 6) is 1.50. The predicted molar refractivity (Wildman–Crippen MR) is 110 cm³/mol. The molecule has 4 rings (SSSR count). The molecule has 0 amide bonds. The SMILES string of the molecule is NC1(CC2CCCN(C(c3ccc(Cl)cc3)C3CCC3)C2)C=CC=CC1. The Balaban J connectivity index is 1.48. The maximum atomic E-state index is 6.67. The van der Waals surface area contributed by atoms with Crippen LogP contribution in [0.3, 0.4) is 0 Å². The monoisotopic (exact) mass is 370 g/mol. The van der Waals surface area contributed by atoms with Gasteiger partial charge in [0.2, 0.25) is 0 Å². The lowest BCUT2D eigenvalue weighted by Gasteiger charge is -2.46. The first kappa shape index (κ1) is 18.3. The molecule has 1 saturated heterocycles. The van der Waals surface area contributed by atoms with E-state index in [-0.39, 0.29) is 5.54 Å². The molecule has 3 heteroatoms. The van der Waals surface area contributed by atoms with Crippen LogP contribution in [0.15, 0.2) is 48.6 Å². The van der Waals surface area contributed by atoms with Gasteiger partial charge in [0.05, 0.1) is 0 Å². The summed E-state index contributed by atoms with van der Waals surface area (Å²) in [5, 5.41) is 0.833. The summed E-state index contributed by atoms with van der Waals surface area (Å²) in [6, 6.07) is 9.15. The molecule has 3 unspecified atom stereocenters. The number of piperidine rings is 1. The van der Waals surface area contributed by atoms with Gasteiger partial charge in [-0.2, -0.15) is 0 Å². The van der Waals surface area contributed by atoms with Gasteiger partial charge >= 0.3 is 0 Å².